The molecule has 7 N–H and O–H groups in total. The second-order valence-electron chi connectivity index (χ2n) is 6.88. The van der Waals surface area contributed by atoms with Crippen molar-refractivity contribution in [3.05, 3.63) is 59.2 Å². The van der Waals surface area contributed by atoms with Crippen LogP contribution < -0.4 is 21.5 Å². The van der Waals surface area contributed by atoms with Crippen molar-refractivity contribution < 1.29 is 19.4 Å². The lowest BCUT2D eigenvalue weighted by atomic mass is 9.88. The smallest absolute Gasteiger partial charge is 0.333 e. The van der Waals surface area contributed by atoms with Gasteiger partial charge >= 0.3 is 5.97 Å². The van der Waals surface area contributed by atoms with Gasteiger partial charge in [-0.25, -0.2) is 4.79 Å². The van der Waals surface area contributed by atoms with Crippen molar-refractivity contribution in [2.24, 2.45) is 11.5 Å². The number of aliphatic carboxylic acids is 1. The lowest BCUT2D eigenvalue weighted by molar-refractivity contribution is -0.142. The molecule has 1 amide bonds. The summed E-state index contributed by atoms with van der Waals surface area (Å²) in [7, 11) is 0. The highest BCUT2D eigenvalue weighted by atomic mass is 16.5. The molecule has 0 saturated heterocycles. The fraction of sp³-hybridized carbons (Fsp3) is 0.286. The molecule has 0 bridgehead atoms. The van der Waals surface area contributed by atoms with Gasteiger partial charge in [-0.05, 0) is 55.3 Å². The number of carbonyl (C=O) groups excluding carboxylic acids is 1. The highest BCUT2D eigenvalue weighted by Gasteiger charge is 2.38. The van der Waals surface area contributed by atoms with E-state index in [1.165, 1.54) is 6.92 Å². The van der Waals surface area contributed by atoms with Gasteiger partial charge in [0.15, 0.2) is 12.1 Å². The van der Waals surface area contributed by atoms with Crippen LogP contribution in [0.4, 0.5) is 5.69 Å². The molecule has 0 fully saturated rings. The van der Waals surface area contributed by atoms with Crippen molar-refractivity contribution in [2.45, 2.75) is 32.2 Å². The monoisotopic (exact) mass is 398 g/mol. The van der Waals surface area contributed by atoms with Crippen LogP contribution in [0.5, 0.6) is 5.75 Å². The molecule has 0 aliphatic carbocycles. The number of carbonyl (C=O) groups is 2. The Morgan fingerprint density at radius 3 is 2.34 bits per heavy atom. The Kier molecular flexibility index (Phi) is 6.82. The molecule has 8 nitrogen and oxygen atoms in total. The minimum absolute atomic E-state index is 0.0769. The van der Waals surface area contributed by atoms with Crippen LogP contribution in [0.2, 0.25) is 0 Å². The van der Waals surface area contributed by atoms with E-state index in [0.717, 1.165) is 18.4 Å². The molecule has 1 atom stereocenters. The summed E-state index contributed by atoms with van der Waals surface area (Å²) in [6.07, 6.45) is 1.66. The number of benzene rings is 2. The Labute approximate surface area is 169 Å². The van der Waals surface area contributed by atoms with Gasteiger partial charge in [0.25, 0.3) is 5.91 Å². The van der Waals surface area contributed by atoms with Gasteiger partial charge in [0.1, 0.15) is 11.6 Å². The van der Waals surface area contributed by atoms with Crippen LogP contribution in [0.3, 0.4) is 0 Å². The number of ether oxygens (including phenoxy) is 1. The predicted molar refractivity (Wildman–Crippen MR) is 111 cm³/mol. The Morgan fingerprint density at radius 2 is 1.83 bits per heavy atom. The van der Waals surface area contributed by atoms with Gasteiger partial charge in [-0.1, -0.05) is 19.4 Å². The third kappa shape index (κ3) is 5.25. The minimum Gasteiger partial charge on any atom is -0.483 e. The Bertz CT molecular complexity index is 911. The quantitative estimate of drug-likeness (QED) is 0.306. The number of hydrogen-bond donors (Lipinski definition) is 5. The van der Waals surface area contributed by atoms with Gasteiger partial charge < -0.3 is 26.6 Å². The van der Waals surface area contributed by atoms with Crippen LogP contribution in [0.1, 0.15) is 37.0 Å². The van der Waals surface area contributed by atoms with Crippen molar-refractivity contribution >= 4 is 23.4 Å². The van der Waals surface area contributed by atoms with Crippen LogP contribution in [0, 0.1) is 5.41 Å². The second kappa shape index (κ2) is 9.09. The number of amides is 1. The zero-order chi connectivity index (χ0) is 21.6. The minimum atomic E-state index is -1.55. The van der Waals surface area contributed by atoms with Gasteiger partial charge in [0.2, 0.25) is 0 Å². The lowest BCUT2D eigenvalue weighted by Crippen LogP contribution is -2.41. The van der Waals surface area contributed by atoms with Gasteiger partial charge in [0, 0.05) is 16.8 Å². The molecule has 0 radical (unpaired) electrons. The molecule has 2 rings (SSSR count). The maximum Gasteiger partial charge on any atom is 0.333 e. The molecule has 2 aromatic carbocycles. The van der Waals surface area contributed by atoms with E-state index in [4.69, 9.17) is 21.6 Å². The van der Waals surface area contributed by atoms with E-state index < -0.39 is 17.4 Å². The number of primary amides is 1. The van der Waals surface area contributed by atoms with Crippen LogP contribution >= 0.6 is 0 Å². The third-order valence-corrected chi connectivity index (χ3v) is 4.51. The van der Waals surface area contributed by atoms with Crippen LogP contribution in [-0.4, -0.2) is 29.4 Å². The van der Waals surface area contributed by atoms with Crippen LogP contribution in [0.25, 0.3) is 0 Å². The molecular weight excluding hydrogens is 372 g/mol. The average Bonchev–Trinajstić information content (AvgIpc) is 2.67. The Hall–Kier alpha value is -3.55. The summed E-state index contributed by atoms with van der Waals surface area (Å²) in [5.74, 6) is -1.59. The summed E-state index contributed by atoms with van der Waals surface area (Å²) in [6, 6.07) is 11.8. The second-order valence-corrected chi connectivity index (χ2v) is 6.88. The number of aryl methyl sites for hydroxylation is 1. The molecule has 29 heavy (non-hydrogen) atoms. The highest BCUT2D eigenvalue weighted by molar-refractivity contribution is 5.95. The summed E-state index contributed by atoms with van der Waals surface area (Å²) < 4.78 is 5.49. The van der Waals surface area contributed by atoms with E-state index >= 15 is 0 Å². The molecule has 2 aromatic rings. The largest absolute Gasteiger partial charge is 0.483 e. The fourth-order valence-corrected chi connectivity index (χ4v) is 2.94. The maximum atomic E-state index is 12.3. The summed E-state index contributed by atoms with van der Waals surface area (Å²) in [5, 5.41) is 20.5. The summed E-state index contributed by atoms with van der Waals surface area (Å²) >= 11 is 0. The van der Waals surface area contributed by atoms with Crippen molar-refractivity contribution in [2.75, 3.05) is 11.9 Å². The van der Waals surface area contributed by atoms with Gasteiger partial charge in [-0.2, -0.15) is 0 Å². The van der Waals surface area contributed by atoms with E-state index in [1.807, 2.05) is 13.0 Å². The normalized spacial score (nSPS) is 12.6. The Balaban J connectivity index is 2.49. The number of hydrogen-bond acceptors (Lipinski definition) is 5. The molecule has 154 valence electrons. The SMILES string of the molecule is CCCc1ccc(OCC(N)=O)c(C(C)(Nc2ccc(C(=N)N)cc2)C(=O)O)c1. The highest BCUT2D eigenvalue weighted by Crippen LogP contribution is 2.35. The average molecular weight is 398 g/mol. The zero-order valence-electron chi connectivity index (χ0n) is 16.5. The number of carboxylic acids is 1. The molecule has 0 spiro atoms. The number of amidine groups is 1. The molecule has 1 unspecified atom stereocenters. The molecule has 0 saturated carbocycles. The first kappa shape index (κ1) is 21.7. The lowest BCUT2D eigenvalue weighted by Gasteiger charge is -2.30. The molecule has 0 heterocycles. The first-order valence-electron chi connectivity index (χ1n) is 9.18. The number of nitrogen functional groups attached to an aromatic ring is 1. The number of anilines is 1. The maximum absolute atomic E-state index is 12.3. The molecule has 0 aliphatic rings. The number of carboxylic acid groups (broad SMARTS) is 1. The summed E-state index contributed by atoms with van der Waals surface area (Å²) in [4.78, 5) is 23.4. The predicted octanol–water partition coefficient (Wildman–Crippen LogP) is 2.20. The van der Waals surface area contributed by atoms with Crippen molar-refractivity contribution in [3.63, 3.8) is 0 Å². The standard InChI is InChI=1S/C21H26N4O4/c1-3-4-13-5-10-17(29-12-18(22)26)16(11-13)21(2,20(27)28)25-15-8-6-14(7-9-15)19(23)24/h5-11,25H,3-4,12H2,1-2H3,(H2,22,26)(H3,23,24)(H,27,28). The van der Waals surface area contributed by atoms with Crippen LogP contribution in [0.15, 0.2) is 42.5 Å². The topological polar surface area (TPSA) is 152 Å². The molecular formula is C21H26N4O4. The summed E-state index contributed by atoms with van der Waals surface area (Å²) in [6.45, 7) is 3.20. The van der Waals surface area contributed by atoms with Gasteiger partial charge in [-0.3, -0.25) is 10.2 Å². The van der Waals surface area contributed by atoms with Gasteiger partial charge in [-0.15, -0.1) is 0 Å². The van der Waals surface area contributed by atoms with Crippen molar-refractivity contribution in [1.29, 1.82) is 5.41 Å². The first-order valence-corrected chi connectivity index (χ1v) is 9.18. The summed E-state index contributed by atoms with van der Waals surface area (Å²) in [5.41, 5.74) is 11.5. The number of nitrogens with two attached hydrogens (primary N) is 2. The van der Waals surface area contributed by atoms with E-state index in [0.29, 0.717) is 16.8 Å². The van der Waals surface area contributed by atoms with Gasteiger partial charge in [0.05, 0.1) is 0 Å². The van der Waals surface area contributed by atoms with Crippen LogP contribution in [-0.2, 0) is 21.5 Å². The molecule has 0 aromatic heterocycles. The fourth-order valence-electron chi connectivity index (χ4n) is 2.94. The van der Waals surface area contributed by atoms with E-state index in [-0.39, 0.29) is 18.2 Å². The van der Waals surface area contributed by atoms with Crippen molar-refractivity contribution in [3.8, 4) is 5.75 Å². The zero-order valence-corrected chi connectivity index (χ0v) is 16.5. The van der Waals surface area contributed by atoms with Crippen molar-refractivity contribution in [1.82, 2.24) is 0 Å². The third-order valence-electron chi connectivity index (χ3n) is 4.51. The number of rotatable bonds is 10. The molecule has 0 aliphatic heterocycles. The first-order chi connectivity index (χ1) is 13.7. The number of nitrogens with one attached hydrogen (secondary N) is 2. The molecule has 8 heteroatoms. The van der Waals surface area contributed by atoms with E-state index in [2.05, 4.69) is 5.32 Å². The van der Waals surface area contributed by atoms with E-state index in [1.54, 1.807) is 36.4 Å². The van der Waals surface area contributed by atoms with E-state index in [9.17, 15) is 14.7 Å². The Morgan fingerprint density at radius 1 is 1.17 bits per heavy atom.